The molecule has 1 unspecified atom stereocenters. The summed E-state index contributed by atoms with van der Waals surface area (Å²) in [5.41, 5.74) is 0.361. The van der Waals surface area contributed by atoms with Crippen molar-refractivity contribution in [3.8, 4) is 0 Å². The number of aliphatic carboxylic acids is 1. The maximum atomic E-state index is 12.5. The molecule has 1 atom stereocenters. The molecule has 5 nitrogen and oxygen atoms in total. The average molecular weight is 386 g/mol. The van der Waals surface area contributed by atoms with Crippen molar-refractivity contribution in [3.05, 3.63) is 34.3 Å². The quantitative estimate of drug-likeness (QED) is 0.775. The minimum atomic E-state index is -0.871. The fraction of sp³-hybridized carbons (Fsp3) is 0.529. The molecule has 0 saturated carbocycles. The molecule has 1 N–H and O–H groups in total. The average Bonchev–Trinajstić information content (AvgIpc) is 2.40. The Morgan fingerprint density at radius 1 is 1.35 bits per heavy atom. The Bertz CT molecular complexity index is 554. The van der Waals surface area contributed by atoms with Gasteiger partial charge in [0.15, 0.2) is 0 Å². The molecule has 0 heterocycles. The predicted octanol–water partition coefficient (Wildman–Crippen LogP) is 4.61. The number of carboxylic acid groups (broad SMARTS) is 1. The number of benzene rings is 1. The molecule has 1 aromatic rings. The Balaban J connectivity index is 2.92. The number of halogens is 1. The fourth-order valence-electron chi connectivity index (χ4n) is 2.11. The summed E-state index contributed by atoms with van der Waals surface area (Å²) < 4.78 is 6.39. The molecule has 128 valence electrons. The van der Waals surface area contributed by atoms with Crippen LogP contribution in [0.15, 0.2) is 28.7 Å². The van der Waals surface area contributed by atoms with Crippen molar-refractivity contribution in [2.45, 2.75) is 52.2 Å². The second kappa shape index (κ2) is 8.34. The molecule has 0 spiro atoms. The van der Waals surface area contributed by atoms with Crippen molar-refractivity contribution in [1.82, 2.24) is 4.90 Å². The van der Waals surface area contributed by atoms with Gasteiger partial charge in [0.1, 0.15) is 5.60 Å². The smallest absolute Gasteiger partial charge is 0.410 e. The van der Waals surface area contributed by atoms with Gasteiger partial charge in [-0.05, 0) is 51.8 Å². The van der Waals surface area contributed by atoms with Gasteiger partial charge in [0.2, 0.25) is 0 Å². The Hall–Kier alpha value is -1.56. The first-order valence-corrected chi connectivity index (χ1v) is 8.36. The number of hydrogen-bond donors (Lipinski definition) is 1. The zero-order chi connectivity index (χ0) is 17.6. The Labute approximate surface area is 145 Å². The van der Waals surface area contributed by atoms with E-state index in [0.717, 1.165) is 10.0 Å². The second-order valence-electron chi connectivity index (χ2n) is 6.40. The summed E-state index contributed by atoms with van der Waals surface area (Å²) in [4.78, 5) is 24.8. The molecule has 0 aliphatic heterocycles. The summed E-state index contributed by atoms with van der Waals surface area (Å²) in [6.07, 6.45) is -0.0346. The van der Waals surface area contributed by atoms with E-state index in [0.29, 0.717) is 13.0 Å². The predicted molar refractivity (Wildman–Crippen MR) is 92.4 cm³/mol. The first kappa shape index (κ1) is 19.5. The van der Waals surface area contributed by atoms with E-state index in [4.69, 9.17) is 9.84 Å². The van der Waals surface area contributed by atoms with Crippen molar-refractivity contribution in [3.63, 3.8) is 0 Å². The molecule has 0 fully saturated rings. The van der Waals surface area contributed by atoms with Crippen LogP contribution in [0.5, 0.6) is 0 Å². The van der Waals surface area contributed by atoms with Crippen molar-refractivity contribution in [1.29, 1.82) is 0 Å². The summed E-state index contributed by atoms with van der Waals surface area (Å²) in [5, 5.41) is 8.80. The number of hydrogen-bond acceptors (Lipinski definition) is 3. The van der Waals surface area contributed by atoms with Gasteiger partial charge in [-0.25, -0.2) is 4.79 Å². The summed E-state index contributed by atoms with van der Waals surface area (Å²) in [5.74, 6) is -0.871. The number of rotatable bonds is 6. The van der Waals surface area contributed by atoms with Crippen molar-refractivity contribution < 1.29 is 19.4 Å². The number of carboxylic acids is 1. The third-order valence-corrected chi connectivity index (χ3v) is 3.71. The van der Waals surface area contributed by atoms with Gasteiger partial charge < -0.3 is 14.7 Å². The molecule has 0 saturated heterocycles. The normalized spacial score (nSPS) is 12.6. The van der Waals surface area contributed by atoms with E-state index in [9.17, 15) is 9.59 Å². The van der Waals surface area contributed by atoms with Crippen LogP contribution in [-0.2, 0) is 9.53 Å². The first-order valence-electron chi connectivity index (χ1n) is 7.57. The number of nitrogens with zero attached hydrogens (tertiary/aromatic N) is 1. The van der Waals surface area contributed by atoms with Crippen LogP contribution in [0, 0.1) is 0 Å². The topological polar surface area (TPSA) is 66.8 Å². The number of ether oxygens (including phenoxy) is 1. The van der Waals surface area contributed by atoms with Gasteiger partial charge in [-0.15, -0.1) is 0 Å². The third kappa shape index (κ3) is 7.03. The maximum absolute atomic E-state index is 12.5. The van der Waals surface area contributed by atoms with Gasteiger partial charge in [-0.1, -0.05) is 28.1 Å². The fourth-order valence-corrected chi connectivity index (χ4v) is 2.53. The van der Waals surface area contributed by atoms with Gasteiger partial charge in [0.25, 0.3) is 0 Å². The van der Waals surface area contributed by atoms with E-state index in [-0.39, 0.29) is 12.5 Å². The van der Waals surface area contributed by atoms with Gasteiger partial charge >= 0.3 is 12.1 Å². The summed E-state index contributed by atoms with van der Waals surface area (Å²) in [6.45, 7) is 7.67. The standard InChI is InChI=1S/C17H24BrNO4/c1-12(13-7-5-8-14(18)11-13)19(10-6-9-15(20)21)16(22)23-17(2,3)4/h5,7-8,11-12H,6,9-10H2,1-4H3,(H,20,21). The molecule has 0 aliphatic rings. The molecular weight excluding hydrogens is 362 g/mol. The van der Waals surface area contributed by atoms with Crippen molar-refractivity contribution in [2.24, 2.45) is 0 Å². The zero-order valence-electron chi connectivity index (χ0n) is 14.0. The second-order valence-corrected chi connectivity index (χ2v) is 7.32. The molecular formula is C17H24BrNO4. The van der Waals surface area contributed by atoms with E-state index in [1.165, 1.54) is 0 Å². The highest BCUT2D eigenvalue weighted by atomic mass is 79.9. The van der Waals surface area contributed by atoms with Crippen LogP contribution in [-0.4, -0.2) is 34.2 Å². The Kier molecular flexibility index (Phi) is 7.06. The van der Waals surface area contributed by atoms with Crippen molar-refractivity contribution >= 4 is 28.0 Å². The molecule has 0 radical (unpaired) electrons. The Morgan fingerprint density at radius 3 is 2.52 bits per heavy atom. The van der Waals surface area contributed by atoms with Crippen LogP contribution in [0.2, 0.25) is 0 Å². The number of amides is 1. The van der Waals surface area contributed by atoms with E-state index < -0.39 is 17.7 Å². The van der Waals surface area contributed by atoms with Crippen LogP contribution in [0.1, 0.15) is 52.1 Å². The first-order chi connectivity index (χ1) is 10.6. The Morgan fingerprint density at radius 2 is 2.00 bits per heavy atom. The summed E-state index contributed by atoms with van der Waals surface area (Å²) >= 11 is 3.42. The maximum Gasteiger partial charge on any atom is 0.410 e. The van der Waals surface area contributed by atoms with E-state index in [1.54, 1.807) is 4.90 Å². The minimum absolute atomic E-state index is 0.0184. The van der Waals surface area contributed by atoms with Gasteiger partial charge in [0.05, 0.1) is 6.04 Å². The lowest BCUT2D eigenvalue weighted by atomic mass is 10.1. The number of carbonyl (C=O) groups is 2. The SMILES string of the molecule is CC(c1cccc(Br)c1)N(CCCC(=O)O)C(=O)OC(C)(C)C. The van der Waals surface area contributed by atoms with Gasteiger partial charge in [-0.2, -0.15) is 0 Å². The molecule has 1 aromatic carbocycles. The largest absolute Gasteiger partial charge is 0.481 e. The highest BCUT2D eigenvalue weighted by Gasteiger charge is 2.26. The lowest BCUT2D eigenvalue weighted by Crippen LogP contribution is -2.39. The molecule has 0 aliphatic carbocycles. The molecule has 1 amide bonds. The number of carbonyl (C=O) groups excluding carboxylic acids is 1. The van der Waals surface area contributed by atoms with Crippen LogP contribution >= 0.6 is 15.9 Å². The molecule has 6 heteroatoms. The van der Waals surface area contributed by atoms with Crippen LogP contribution < -0.4 is 0 Å². The van der Waals surface area contributed by atoms with E-state index >= 15 is 0 Å². The molecule has 0 bridgehead atoms. The molecule has 23 heavy (non-hydrogen) atoms. The molecule has 1 rings (SSSR count). The summed E-state index contributed by atoms with van der Waals surface area (Å²) in [6, 6.07) is 7.48. The van der Waals surface area contributed by atoms with Gasteiger partial charge in [0, 0.05) is 17.4 Å². The lowest BCUT2D eigenvalue weighted by molar-refractivity contribution is -0.137. The third-order valence-electron chi connectivity index (χ3n) is 3.22. The van der Waals surface area contributed by atoms with E-state index in [1.807, 2.05) is 52.0 Å². The van der Waals surface area contributed by atoms with Crippen molar-refractivity contribution in [2.75, 3.05) is 6.54 Å². The minimum Gasteiger partial charge on any atom is -0.481 e. The van der Waals surface area contributed by atoms with E-state index in [2.05, 4.69) is 15.9 Å². The summed E-state index contributed by atoms with van der Waals surface area (Å²) in [7, 11) is 0. The highest BCUT2D eigenvalue weighted by Crippen LogP contribution is 2.25. The van der Waals surface area contributed by atoms with Crippen LogP contribution in [0.4, 0.5) is 4.79 Å². The van der Waals surface area contributed by atoms with Gasteiger partial charge in [-0.3, -0.25) is 4.79 Å². The monoisotopic (exact) mass is 385 g/mol. The highest BCUT2D eigenvalue weighted by molar-refractivity contribution is 9.10. The molecule has 0 aromatic heterocycles. The van der Waals surface area contributed by atoms with Crippen LogP contribution in [0.25, 0.3) is 0 Å². The zero-order valence-corrected chi connectivity index (χ0v) is 15.6. The lowest BCUT2D eigenvalue weighted by Gasteiger charge is -2.32. The van der Waals surface area contributed by atoms with Crippen LogP contribution in [0.3, 0.4) is 0 Å².